The molecule has 0 saturated carbocycles. The van der Waals surface area contributed by atoms with E-state index in [2.05, 4.69) is 0 Å². The highest BCUT2D eigenvalue weighted by atomic mass is 32.2. The molecule has 0 amide bonds. The predicted octanol–water partition coefficient (Wildman–Crippen LogP) is 1.29. The summed E-state index contributed by atoms with van der Waals surface area (Å²) in [6.45, 7) is 0.232. The van der Waals surface area contributed by atoms with Crippen molar-refractivity contribution in [2.45, 2.75) is 17.4 Å². The van der Waals surface area contributed by atoms with Crippen LogP contribution in [0.3, 0.4) is 0 Å². The summed E-state index contributed by atoms with van der Waals surface area (Å²) in [7, 11) is 3.24. The largest absolute Gasteiger partial charge is 0.496 e. The number of aliphatic hydroxyl groups is 1. The quantitative estimate of drug-likeness (QED) is 0.752. The number of rotatable bonds is 6. The van der Waals surface area contributed by atoms with Crippen molar-refractivity contribution in [3.63, 3.8) is 0 Å². The van der Waals surface area contributed by atoms with Gasteiger partial charge in [-0.1, -0.05) is 0 Å². The average molecular weight is 257 g/mol. The number of hydrogen-bond donors (Lipinski definition) is 2. The van der Waals surface area contributed by atoms with E-state index in [1.54, 1.807) is 26.0 Å². The van der Waals surface area contributed by atoms with Gasteiger partial charge in [0.25, 0.3) is 0 Å². The van der Waals surface area contributed by atoms with Gasteiger partial charge in [0.05, 0.1) is 25.2 Å². The molecule has 0 fully saturated rings. The molecular weight excluding hydrogens is 238 g/mol. The van der Waals surface area contributed by atoms with Gasteiger partial charge in [0.1, 0.15) is 11.5 Å². The molecule has 1 aromatic carbocycles. The number of thioether (sulfide) groups is 1. The average Bonchev–Trinajstić information content (AvgIpc) is 2.37. The van der Waals surface area contributed by atoms with Crippen molar-refractivity contribution in [3.8, 4) is 11.5 Å². The van der Waals surface area contributed by atoms with Gasteiger partial charge in [-0.15, -0.1) is 11.8 Å². The van der Waals surface area contributed by atoms with Crippen LogP contribution in [-0.4, -0.2) is 38.2 Å². The van der Waals surface area contributed by atoms with Crippen LogP contribution in [0.25, 0.3) is 0 Å². The first kappa shape index (κ1) is 14.2. The lowest BCUT2D eigenvalue weighted by atomic mass is 10.1. The van der Waals surface area contributed by atoms with Gasteiger partial charge in [-0.25, -0.2) is 0 Å². The number of benzene rings is 1. The Labute approximate surface area is 106 Å². The Hall–Kier alpha value is -0.910. The molecular formula is C12H19NO3S. The van der Waals surface area contributed by atoms with E-state index in [1.807, 2.05) is 18.4 Å². The minimum Gasteiger partial charge on any atom is -0.496 e. The first-order chi connectivity index (χ1) is 8.15. The summed E-state index contributed by atoms with van der Waals surface area (Å²) in [5, 5.41) is 9.59. The van der Waals surface area contributed by atoms with Gasteiger partial charge in [-0.3, -0.25) is 0 Å². The summed E-state index contributed by atoms with van der Waals surface area (Å²) in [6, 6.07) is 3.81. The molecule has 1 rings (SSSR count). The zero-order valence-electron chi connectivity index (χ0n) is 10.4. The molecule has 17 heavy (non-hydrogen) atoms. The molecule has 1 atom stereocenters. The van der Waals surface area contributed by atoms with Crippen molar-refractivity contribution in [1.29, 1.82) is 0 Å². The number of hydrogen-bond acceptors (Lipinski definition) is 5. The first-order valence-electron chi connectivity index (χ1n) is 5.33. The maximum atomic E-state index is 9.59. The molecule has 0 aliphatic rings. The number of nitrogens with two attached hydrogens (primary N) is 1. The van der Waals surface area contributed by atoms with Crippen LogP contribution < -0.4 is 15.2 Å². The van der Waals surface area contributed by atoms with Crippen LogP contribution in [0.2, 0.25) is 0 Å². The molecule has 0 saturated heterocycles. The van der Waals surface area contributed by atoms with E-state index in [-0.39, 0.29) is 6.54 Å². The Morgan fingerprint density at radius 2 is 1.94 bits per heavy atom. The van der Waals surface area contributed by atoms with E-state index < -0.39 is 6.10 Å². The standard InChI is InChI=1S/C12H19NO3S/c1-15-10-6-12(17-3)11(16-2)5-8(10)4-9(14)7-13/h5-6,9,14H,4,7,13H2,1-3H3. The fraction of sp³-hybridized carbons (Fsp3) is 0.500. The molecule has 1 aromatic rings. The predicted molar refractivity (Wildman–Crippen MR) is 70.1 cm³/mol. The Bertz CT molecular complexity index is 371. The van der Waals surface area contributed by atoms with Crippen molar-refractivity contribution in [2.24, 2.45) is 5.73 Å². The van der Waals surface area contributed by atoms with Gasteiger partial charge in [0.2, 0.25) is 0 Å². The lowest BCUT2D eigenvalue weighted by molar-refractivity contribution is 0.182. The third kappa shape index (κ3) is 3.52. The minimum atomic E-state index is -0.561. The molecule has 1 unspecified atom stereocenters. The number of ether oxygens (including phenoxy) is 2. The van der Waals surface area contributed by atoms with Gasteiger partial charge in [0.15, 0.2) is 0 Å². The van der Waals surface area contributed by atoms with Crippen LogP contribution in [-0.2, 0) is 6.42 Å². The van der Waals surface area contributed by atoms with Gasteiger partial charge >= 0.3 is 0 Å². The minimum absolute atomic E-state index is 0.232. The highest BCUT2D eigenvalue weighted by Gasteiger charge is 2.13. The summed E-state index contributed by atoms with van der Waals surface area (Å²) in [4.78, 5) is 1.01. The van der Waals surface area contributed by atoms with Gasteiger partial charge in [0, 0.05) is 18.5 Å². The third-order valence-electron chi connectivity index (χ3n) is 2.51. The molecule has 0 heterocycles. The molecule has 5 heteroatoms. The fourth-order valence-electron chi connectivity index (χ4n) is 1.59. The SMILES string of the molecule is COc1cc(SC)c(OC)cc1CC(O)CN. The van der Waals surface area contributed by atoms with E-state index in [0.29, 0.717) is 6.42 Å². The van der Waals surface area contributed by atoms with Gasteiger partial charge in [-0.05, 0) is 18.4 Å². The fourth-order valence-corrected chi connectivity index (χ4v) is 2.16. The Morgan fingerprint density at radius 1 is 1.29 bits per heavy atom. The normalized spacial score (nSPS) is 12.3. The lowest BCUT2D eigenvalue weighted by Crippen LogP contribution is -2.22. The maximum Gasteiger partial charge on any atom is 0.132 e. The smallest absolute Gasteiger partial charge is 0.132 e. The van der Waals surface area contributed by atoms with Crippen LogP contribution in [0.15, 0.2) is 17.0 Å². The van der Waals surface area contributed by atoms with E-state index in [1.165, 1.54) is 0 Å². The maximum absolute atomic E-state index is 9.59. The summed E-state index contributed by atoms with van der Waals surface area (Å²) in [5.41, 5.74) is 6.31. The Balaban J connectivity index is 3.09. The lowest BCUT2D eigenvalue weighted by Gasteiger charge is -2.15. The van der Waals surface area contributed by atoms with E-state index in [9.17, 15) is 5.11 Å². The first-order valence-corrected chi connectivity index (χ1v) is 6.55. The molecule has 3 N–H and O–H groups in total. The third-order valence-corrected chi connectivity index (χ3v) is 3.27. The Morgan fingerprint density at radius 3 is 2.41 bits per heavy atom. The van der Waals surface area contributed by atoms with E-state index >= 15 is 0 Å². The highest BCUT2D eigenvalue weighted by Crippen LogP contribution is 2.34. The van der Waals surface area contributed by atoms with Crippen LogP contribution in [0.4, 0.5) is 0 Å². The van der Waals surface area contributed by atoms with Crippen molar-refractivity contribution in [2.75, 3.05) is 27.0 Å². The number of aliphatic hydroxyl groups excluding tert-OH is 1. The second-order valence-corrected chi connectivity index (χ2v) is 4.46. The number of methoxy groups -OCH3 is 2. The van der Waals surface area contributed by atoms with Crippen molar-refractivity contribution in [3.05, 3.63) is 17.7 Å². The molecule has 0 aliphatic carbocycles. The van der Waals surface area contributed by atoms with Crippen LogP contribution in [0.5, 0.6) is 11.5 Å². The van der Waals surface area contributed by atoms with E-state index in [4.69, 9.17) is 15.2 Å². The topological polar surface area (TPSA) is 64.7 Å². The van der Waals surface area contributed by atoms with E-state index in [0.717, 1.165) is 22.0 Å². The molecule has 4 nitrogen and oxygen atoms in total. The summed E-state index contributed by atoms with van der Waals surface area (Å²) in [5.74, 6) is 1.54. The van der Waals surface area contributed by atoms with Gasteiger partial charge in [-0.2, -0.15) is 0 Å². The molecule has 0 spiro atoms. The van der Waals surface area contributed by atoms with Crippen molar-refractivity contribution in [1.82, 2.24) is 0 Å². The zero-order valence-corrected chi connectivity index (χ0v) is 11.2. The second kappa shape index (κ2) is 6.74. The molecule has 0 aliphatic heterocycles. The summed E-state index contributed by atoms with van der Waals surface area (Å²) >= 11 is 1.59. The van der Waals surface area contributed by atoms with Crippen molar-refractivity contribution < 1.29 is 14.6 Å². The molecule has 0 aromatic heterocycles. The summed E-state index contributed by atoms with van der Waals surface area (Å²) in [6.07, 6.45) is 1.88. The van der Waals surface area contributed by atoms with Crippen LogP contribution in [0.1, 0.15) is 5.56 Å². The van der Waals surface area contributed by atoms with Crippen LogP contribution in [0, 0.1) is 0 Å². The summed E-state index contributed by atoms with van der Waals surface area (Å²) < 4.78 is 10.6. The zero-order chi connectivity index (χ0) is 12.8. The Kier molecular flexibility index (Phi) is 5.61. The van der Waals surface area contributed by atoms with Gasteiger partial charge < -0.3 is 20.3 Å². The molecule has 96 valence electrons. The highest BCUT2D eigenvalue weighted by molar-refractivity contribution is 7.98. The molecule has 0 bridgehead atoms. The molecule has 0 radical (unpaired) electrons. The monoisotopic (exact) mass is 257 g/mol. The van der Waals surface area contributed by atoms with Crippen molar-refractivity contribution >= 4 is 11.8 Å². The second-order valence-electron chi connectivity index (χ2n) is 3.61. The van der Waals surface area contributed by atoms with Crippen LogP contribution >= 0.6 is 11.8 Å².